The maximum absolute atomic E-state index is 8.80. The fraction of sp³-hybridized carbons (Fsp3) is 0.312. The number of hydrogen-bond donors (Lipinski definition) is 2. The van der Waals surface area contributed by atoms with Crippen LogP contribution in [0.5, 0.6) is 0 Å². The second kappa shape index (κ2) is 7.11. The third kappa shape index (κ3) is 3.29. The van der Waals surface area contributed by atoms with Crippen molar-refractivity contribution in [1.29, 1.82) is 0 Å². The van der Waals surface area contributed by atoms with Gasteiger partial charge in [0.25, 0.3) is 0 Å². The van der Waals surface area contributed by atoms with Gasteiger partial charge in [0.2, 0.25) is 0 Å². The van der Waals surface area contributed by atoms with E-state index in [2.05, 4.69) is 39.0 Å². The summed E-state index contributed by atoms with van der Waals surface area (Å²) in [6, 6.07) is 12.3. The number of rotatable bonds is 7. The van der Waals surface area contributed by atoms with Crippen LogP contribution in [0.3, 0.4) is 0 Å². The molecule has 0 spiro atoms. The van der Waals surface area contributed by atoms with Gasteiger partial charge in [-0.05, 0) is 41.4 Å². The zero-order valence-corrected chi connectivity index (χ0v) is 12.3. The highest BCUT2D eigenvalue weighted by Crippen LogP contribution is 2.21. The lowest BCUT2D eigenvalue weighted by molar-refractivity contribution is 0.283. The molecule has 0 aliphatic carbocycles. The third-order valence-electron chi connectivity index (χ3n) is 3.56. The Hall–Kier alpha value is -2.31. The Morgan fingerprint density at radius 1 is 1.09 bits per heavy atom. The summed E-state index contributed by atoms with van der Waals surface area (Å²) < 4.78 is 1.72. The Morgan fingerprint density at radius 2 is 1.95 bits per heavy atom. The van der Waals surface area contributed by atoms with Crippen molar-refractivity contribution in [1.82, 2.24) is 25.4 Å². The molecule has 1 aromatic carbocycles. The Morgan fingerprint density at radius 3 is 2.77 bits per heavy atom. The number of tetrazole rings is 1. The highest BCUT2D eigenvalue weighted by atomic mass is 16.2. The van der Waals surface area contributed by atoms with Crippen molar-refractivity contribution >= 4 is 5.65 Å². The highest BCUT2D eigenvalue weighted by Gasteiger charge is 2.08. The normalized spacial score (nSPS) is 11.1. The van der Waals surface area contributed by atoms with Gasteiger partial charge in [-0.25, -0.2) is 0 Å². The number of aromatic nitrogens is 4. The van der Waals surface area contributed by atoms with Gasteiger partial charge in [0.05, 0.1) is 0 Å². The predicted molar refractivity (Wildman–Crippen MR) is 84.2 cm³/mol. The van der Waals surface area contributed by atoms with Crippen LogP contribution in [0.4, 0.5) is 0 Å². The third-order valence-corrected chi connectivity index (χ3v) is 3.56. The molecule has 0 atom stereocenters. The maximum atomic E-state index is 8.80. The zero-order valence-electron chi connectivity index (χ0n) is 12.3. The van der Waals surface area contributed by atoms with E-state index < -0.39 is 0 Å². The Kier molecular flexibility index (Phi) is 4.72. The predicted octanol–water partition coefficient (Wildman–Crippen LogP) is 1.65. The molecule has 0 fully saturated rings. The molecule has 2 N–H and O–H groups in total. The van der Waals surface area contributed by atoms with Crippen LogP contribution in [0.15, 0.2) is 42.6 Å². The second-order valence-corrected chi connectivity index (χ2v) is 5.17. The van der Waals surface area contributed by atoms with Crippen molar-refractivity contribution in [2.24, 2.45) is 0 Å². The molecule has 6 heteroatoms. The van der Waals surface area contributed by atoms with E-state index in [4.69, 9.17) is 5.11 Å². The van der Waals surface area contributed by atoms with Gasteiger partial charge in [-0.1, -0.05) is 30.3 Å². The number of fused-ring (bicyclic) bond motifs is 1. The first-order valence-electron chi connectivity index (χ1n) is 7.46. The number of benzene rings is 1. The van der Waals surface area contributed by atoms with E-state index >= 15 is 0 Å². The minimum atomic E-state index is 0.240. The quantitative estimate of drug-likeness (QED) is 0.649. The molecule has 0 unspecified atom stereocenters. The number of aliphatic hydroxyl groups is 1. The highest BCUT2D eigenvalue weighted by molar-refractivity contribution is 5.66. The summed E-state index contributed by atoms with van der Waals surface area (Å²) in [7, 11) is 0. The summed E-state index contributed by atoms with van der Waals surface area (Å²) in [6.45, 7) is 1.81. The first-order chi connectivity index (χ1) is 10.9. The van der Waals surface area contributed by atoms with Crippen LogP contribution in [-0.2, 0) is 6.54 Å². The average Bonchev–Trinajstić information content (AvgIpc) is 3.04. The first kappa shape index (κ1) is 14.6. The standard InChI is InChI=1S/C16H19N5O/c22-9-5-4-8-17-11-14-10-15(13-6-2-1-3-7-13)12-21-16(14)18-19-20-21/h1-3,6-7,10,12,17,22H,4-5,8-9,11H2. The monoisotopic (exact) mass is 297 g/mol. The molecular formula is C16H19N5O. The summed E-state index contributed by atoms with van der Waals surface area (Å²) >= 11 is 0. The van der Waals surface area contributed by atoms with Gasteiger partial charge >= 0.3 is 0 Å². The summed E-state index contributed by atoms with van der Waals surface area (Å²) in [4.78, 5) is 0. The average molecular weight is 297 g/mol. The largest absolute Gasteiger partial charge is 0.396 e. The van der Waals surface area contributed by atoms with Gasteiger partial charge in [0.15, 0.2) is 5.65 Å². The molecule has 0 aliphatic rings. The van der Waals surface area contributed by atoms with Gasteiger partial charge in [-0.2, -0.15) is 4.52 Å². The van der Waals surface area contributed by atoms with Crippen molar-refractivity contribution in [3.05, 3.63) is 48.2 Å². The number of unbranched alkanes of at least 4 members (excludes halogenated alkanes) is 1. The SMILES string of the molecule is OCCCCNCc1cc(-c2ccccc2)cn2nnnc12. The summed E-state index contributed by atoms with van der Waals surface area (Å²) in [6.07, 6.45) is 3.72. The van der Waals surface area contributed by atoms with Crippen LogP contribution in [0.1, 0.15) is 18.4 Å². The minimum absolute atomic E-state index is 0.240. The van der Waals surface area contributed by atoms with E-state index in [0.717, 1.165) is 41.7 Å². The number of pyridine rings is 1. The van der Waals surface area contributed by atoms with E-state index in [-0.39, 0.29) is 6.61 Å². The van der Waals surface area contributed by atoms with Crippen molar-refractivity contribution in [3.63, 3.8) is 0 Å². The van der Waals surface area contributed by atoms with Crippen LogP contribution in [0, 0.1) is 0 Å². The molecule has 2 aromatic heterocycles. The lowest BCUT2D eigenvalue weighted by Gasteiger charge is -2.08. The van der Waals surface area contributed by atoms with E-state index in [1.807, 2.05) is 24.4 Å². The Bertz CT molecular complexity index is 726. The number of aliphatic hydroxyl groups excluding tert-OH is 1. The molecule has 0 radical (unpaired) electrons. The van der Waals surface area contributed by atoms with E-state index in [1.165, 1.54) is 0 Å². The Labute approximate surface area is 128 Å². The van der Waals surface area contributed by atoms with E-state index in [1.54, 1.807) is 4.52 Å². The van der Waals surface area contributed by atoms with Gasteiger partial charge in [0, 0.05) is 30.5 Å². The molecule has 2 heterocycles. The van der Waals surface area contributed by atoms with Gasteiger partial charge in [-0.15, -0.1) is 5.10 Å². The van der Waals surface area contributed by atoms with Crippen LogP contribution >= 0.6 is 0 Å². The fourth-order valence-electron chi connectivity index (χ4n) is 2.42. The summed E-state index contributed by atoms with van der Waals surface area (Å²) in [5.41, 5.74) is 4.07. The number of hydrogen-bond acceptors (Lipinski definition) is 5. The van der Waals surface area contributed by atoms with Crippen LogP contribution in [0.25, 0.3) is 16.8 Å². The lowest BCUT2D eigenvalue weighted by atomic mass is 10.1. The molecule has 22 heavy (non-hydrogen) atoms. The molecule has 3 rings (SSSR count). The lowest BCUT2D eigenvalue weighted by Crippen LogP contribution is -2.16. The minimum Gasteiger partial charge on any atom is -0.396 e. The molecular weight excluding hydrogens is 278 g/mol. The molecule has 0 saturated carbocycles. The van der Waals surface area contributed by atoms with Gasteiger partial charge < -0.3 is 10.4 Å². The summed E-state index contributed by atoms with van der Waals surface area (Å²) in [5.74, 6) is 0. The van der Waals surface area contributed by atoms with Crippen molar-refractivity contribution in [2.45, 2.75) is 19.4 Å². The second-order valence-electron chi connectivity index (χ2n) is 5.17. The smallest absolute Gasteiger partial charge is 0.183 e. The molecule has 114 valence electrons. The fourth-order valence-corrected chi connectivity index (χ4v) is 2.42. The van der Waals surface area contributed by atoms with Crippen molar-refractivity contribution < 1.29 is 5.11 Å². The van der Waals surface area contributed by atoms with E-state index in [9.17, 15) is 0 Å². The maximum Gasteiger partial charge on any atom is 0.183 e. The molecule has 6 nitrogen and oxygen atoms in total. The summed E-state index contributed by atoms with van der Waals surface area (Å²) in [5, 5.41) is 24.0. The van der Waals surface area contributed by atoms with Crippen LogP contribution in [-0.4, -0.2) is 38.3 Å². The first-order valence-corrected chi connectivity index (χ1v) is 7.46. The van der Waals surface area contributed by atoms with E-state index in [0.29, 0.717) is 6.54 Å². The molecule has 0 bridgehead atoms. The van der Waals surface area contributed by atoms with Crippen molar-refractivity contribution in [3.8, 4) is 11.1 Å². The molecule has 0 aliphatic heterocycles. The molecule has 3 aromatic rings. The van der Waals surface area contributed by atoms with Crippen LogP contribution in [0.2, 0.25) is 0 Å². The molecule has 0 saturated heterocycles. The zero-order chi connectivity index (χ0) is 15.2. The van der Waals surface area contributed by atoms with Gasteiger partial charge in [-0.3, -0.25) is 0 Å². The topological polar surface area (TPSA) is 75.3 Å². The Balaban J connectivity index is 1.83. The van der Waals surface area contributed by atoms with Gasteiger partial charge in [0.1, 0.15) is 0 Å². The molecule has 0 amide bonds. The number of nitrogens with one attached hydrogen (secondary N) is 1. The number of nitrogens with zero attached hydrogens (tertiary/aromatic N) is 4. The van der Waals surface area contributed by atoms with Crippen LogP contribution < -0.4 is 5.32 Å². The van der Waals surface area contributed by atoms with Crippen molar-refractivity contribution in [2.75, 3.05) is 13.2 Å².